The smallest absolute Gasteiger partial charge is 0.334 e. The zero-order valence-electron chi connectivity index (χ0n) is 9.02. The zero-order chi connectivity index (χ0) is 11.0. The Balaban J connectivity index is 4.42. The van der Waals surface area contributed by atoms with Gasteiger partial charge in [-0.25, -0.2) is 0 Å². The quantitative estimate of drug-likeness (QED) is 0.530. The maximum absolute atomic E-state index is 11.9. The van der Waals surface area contributed by atoms with Crippen molar-refractivity contribution < 1.29 is 18.7 Å². The summed E-state index contributed by atoms with van der Waals surface area (Å²) in [6.45, 7) is 5.90. The lowest BCUT2D eigenvalue weighted by Crippen LogP contribution is -2.04. The summed E-state index contributed by atoms with van der Waals surface area (Å²) in [7, 11) is -3.04. The molecule has 1 N–H and O–H groups in total. The molecule has 0 aromatic heterocycles. The summed E-state index contributed by atoms with van der Waals surface area (Å²) in [6, 6.07) is 0. The molecule has 0 aliphatic carbocycles. The Morgan fingerprint density at radius 1 is 1.36 bits per heavy atom. The average Bonchev–Trinajstić information content (AvgIpc) is 2.15. The first-order valence-electron chi connectivity index (χ1n) is 4.74. The van der Waals surface area contributed by atoms with E-state index in [9.17, 15) is 4.57 Å². The van der Waals surface area contributed by atoms with Crippen LogP contribution >= 0.6 is 7.60 Å². The Morgan fingerprint density at radius 2 is 1.86 bits per heavy atom. The second-order valence-electron chi connectivity index (χ2n) is 2.71. The Morgan fingerprint density at radius 3 is 2.14 bits per heavy atom. The molecule has 0 aromatic rings. The van der Waals surface area contributed by atoms with Gasteiger partial charge < -0.3 is 14.2 Å². The molecule has 0 aromatic carbocycles. The van der Waals surface area contributed by atoms with E-state index in [0.29, 0.717) is 18.8 Å². The summed E-state index contributed by atoms with van der Waals surface area (Å²) in [4.78, 5) is 0. The second-order valence-corrected chi connectivity index (χ2v) is 4.76. The Bertz CT molecular complexity index is 215. The summed E-state index contributed by atoms with van der Waals surface area (Å²) in [5.41, 5.74) is 0.676. The molecule has 0 aliphatic heterocycles. The highest BCUT2D eigenvalue weighted by molar-refractivity contribution is 7.54. The molecule has 0 fully saturated rings. The minimum absolute atomic E-state index is 0.110. The summed E-state index contributed by atoms with van der Waals surface area (Å²) in [5.74, 6) is 0. The van der Waals surface area contributed by atoms with Gasteiger partial charge in [0.25, 0.3) is 0 Å². The molecule has 0 radical (unpaired) electrons. The Hall–Kier alpha value is -0.150. The van der Waals surface area contributed by atoms with Crippen LogP contribution in [0, 0.1) is 0 Å². The van der Waals surface area contributed by atoms with Gasteiger partial charge in [-0.1, -0.05) is 6.08 Å². The molecule has 0 saturated heterocycles. The molecule has 4 nitrogen and oxygen atoms in total. The van der Waals surface area contributed by atoms with Crippen LogP contribution in [0.2, 0.25) is 0 Å². The third-order valence-corrected chi connectivity index (χ3v) is 3.76. The number of aliphatic hydroxyl groups excluding tert-OH is 1. The standard InChI is InChI=1S/C9H19O4P/c1-4-9(7-10)8-14(11,12-5-2)13-6-3/h4,10H,5-8H2,1-3H3/b9-4-. The van der Waals surface area contributed by atoms with E-state index in [-0.39, 0.29) is 12.8 Å². The molecular weight excluding hydrogens is 203 g/mol. The molecule has 0 amide bonds. The van der Waals surface area contributed by atoms with Crippen molar-refractivity contribution in [3.05, 3.63) is 11.6 Å². The third kappa shape index (κ3) is 4.91. The van der Waals surface area contributed by atoms with Crippen LogP contribution in [-0.4, -0.2) is 31.1 Å². The lowest BCUT2D eigenvalue weighted by molar-refractivity contribution is 0.220. The molecule has 0 aliphatic rings. The van der Waals surface area contributed by atoms with Gasteiger partial charge in [0.15, 0.2) is 0 Å². The van der Waals surface area contributed by atoms with Crippen molar-refractivity contribution in [1.82, 2.24) is 0 Å². The van der Waals surface area contributed by atoms with Crippen LogP contribution in [0.15, 0.2) is 11.6 Å². The van der Waals surface area contributed by atoms with Crippen LogP contribution in [-0.2, 0) is 13.6 Å². The van der Waals surface area contributed by atoms with Crippen molar-refractivity contribution in [2.75, 3.05) is 26.0 Å². The lowest BCUT2D eigenvalue weighted by atomic mass is 10.3. The fourth-order valence-corrected chi connectivity index (χ4v) is 2.83. The topological polar surface area (TPSA) is 55.8 Å². The van der Waals surface area contributed by atoms with Crippen LogP contribution in [0.4, 0.5) is 0 Å². The summed E-state index contributed by atoms with van der Waals surface area (Å²) < 4.78 is 22.1. The molecule has 5 heteroatoms. The predicted molar refractivity (Wildman–Crippen MR) is 56.6 cm³/mol. The van der Waals surface area contributed by atoms with Crippen molar-refractivity contribution in [3.8, 4) is 0 Å². The molecule has 0 bridgehead atoms. The predicted octanol–water partition coefficient (Wildman–Crippen LogP) is 2.19. The van der Waals surface area contributed by atoms with E-state index in [2.05, 4.69) is 0 Å². The molecule has 14 heavy (non-hydrogen) atoms. The van der Waals surface area contributed by atoms with E-state index >= 15 is 0 Å². The highest BCUT2D eigenvalue weighted by Crippen LogP contribution is 2.49. The highest BCUT2D eigenvalue weighted by atomic mass is 31.2. The largest absolute Gasteiger partial charge is 0.392 e. The van der Waals surface area contributed by atoms with Crippen molar-refractivity contribution >= 4 is 7.60 Å². The number of aliphatic hydroxyl groups is 1. The van der Waals surface area contributed by atoms with Crippen molar-refractivity contribution in [1.29, 1.82) is 0 Å². The average molecular weight is 222 g/mol. The monoisotopic (exact) mass is 222 g/mol. The fraction of sp³-hybridized carbons (Fsp3) is 0.778. The van der Waals surface area contributed by atoms with Crippen molar-refractivity contribution in [2.45, 2.75) is 20.8 Å². The van der Waals surface area contributed by atoms with Gasteiger partial charge in [0.2, 0.25) is 0 Å². The molecule has 0 heterocycles. The molecule has 0 rings (SSSR count). The van der Waals surface area contributed by atoms with Crippen LogP contribution in [0.3, 0.4) is 0 Å². The highest BCUT2D eigenvalue weighted by Gasteiger charge is 2.24. The lowest BCUT2D eigenvalue weighted by Gasteiger charge is -2.17. The van der Waals surface area contributed by atoms with E-state index < -0.39 is 7.60 Å². The van der Waals surface area contributed by atoms with Gasteiger partial charge in [0, 0.05) is 0 Å². The first-order chi connectivity index (χ1) is 6.61. The molecule has 0 unspecified atom stereocenters. The first-order valence-corrected chi connectivity index (χ1v) is 6.47. The second kappa shape index (κ2) is 7.18. The van der Waals surface area contributed by atoms with E-state index in [1.54, 1.807) is 26.8 Å². The number of allylic oxidation sites excluding steroid dienone is 1. The van der Waals surface area contributed by atoms with Crippen LogP contribution < -0.4 is 0 Å². The van der Waals surface area contributed by atoms with Gasteiger partial charge in [-0.2, -0.15) is 0 Å². The summed E-state index contributed by atoms with van der Waals surface area (Å²) >= 11 is 0. The maximum atomic E-state index is 11.9. The number of rotatable bonds is 7. The van der Waals surface area contributed by atoms with E-state index in [0.717, 1.165) is 0 Å². The number of hydrogen-bond donors (Lipinski definition) is 1. The number of hydrogen-bond acceptors (Lipinski definition) is 4. The first kappa shape index (κ1) is 13.8. The summed E-state index contributed by atoms with van der Waals surface area (Å²) in [5, 5.41) is 8.93. The normalized spacial score (nSPS) is 13.3. The molecular formula is C9H19O4P. The minimum Gasteiger partial charge on any atom is -0.392 e. The van der Waals surface area contributed by atoms with Crippen LogP contribution in [0.1, 0.15) is 20.8 Å². The van der Waals surface area contributed by atoms with Gasteiger partial charge in [-0.3, -0.25) is 4.57 Å². The van der Waals surface area contributed by atoms with Gasteiger partial charge in [-0.05, 0) is 26.3 Å². The van der Waals surface area contributed by atoms with E-state index in [1.165, 1.54) is 0 Å². The summed E-state index contributed by atoms with van der Waals surface area (Å²) in [6.07, 6.45) is 1.90. The minimum atomic E-state index is -3.04. The molecule has 84 valence electrons. The van der Waals surface area contributed by atoms with Gasteiger partial charge in [0.05, 0.1) is 26.0 Å². The van der Waals surface area contributed by atoms with Gasteiger partial charge >= 0.3 is 7.60 Å². The van der Waals surface area contributed by atoms with Crippen molar-refractivity contribution in [3.63, 3.8) is 0 Å². The SMILES string of the molecule is C/C=C(/CO)CP(=O)(OCC)OCC. The van der Waals surface area contributed by atoms with Gasteiger partial charge in [-0.15, -0.1) is 0 Å². The molecule has 0 saturated carbocycles. The van der Waals surface area contributed by atoms with Crippen molar-refractivity contribution in [2.24, 2.45) is 0 Å². The maximum Gasteiger partial charge on any atom is 0.334 e. The van der Waals surface area contributed by atoms with Crippen LogP contribution in [0.25, 0.3) is 0 Å². The van der Waals surface area contributed by atoms with E-state index in [4.69, 9.17) is 14.2 Å². The van der Waals surface area contributed by atoms with Gasteiger partial charge in [0.1, 0.15) is 0 Å². The molecule has 0 atom stereocenters. The molecule has 0 spiro atoms. The fourth-order valence-electron chi connectivity index (χ4n) is 1.00. The zero-order valence-corrected chi connectivity index (χ0v) is 9.92. The van der Waals surface area contributed by atoms with E-state index in [1.807, 2.05) is 0 Å². The van der Waals surface area contributed by atoms with Crippen LogP contribution in [0.5, 0.6) is 0 Å². The Kier molecular flexibility index (Phi) is 7.11. The third-order valence-electron chi connectivity index (χ3n) is 1.66. The Labute approximate surface area is 85.5 Å².